The SMILES string of the molecule is CCOc1ccc(-n2c(SCC(=O)NC(N)=O)nc3ccccc3c2=O)cc1. The van der Waals surface area contributed by atoms with E-state index in [-0.39, 0.29) is 11.3 Å². The third-order valence-electron chi connectivity index (χ3n) is 3.75. The number of hydrogen-bond acceptors (Lipinski definition) is 6. The van der Waals surface area contributed by atoms with E-state index in [1.54, 1.807) is 48.5 Å². The van der Waals surface area contributed by atoms with Gasteiger partial charge < -0.3 is 10.5 Å². The smallest absolute Gasteiger partial charge is 0.318 e. The summed E-state index contributed by atoms with van der Waals surface area (Å²) in [6, 6.07) is 13.1. The van der Waals surface area contributed by atoms with Gasteiger partial charge in [-0.25, -0.2) is 9.78 Å². The van der Waals surface area contributed by atoms with Gasteiger partial charge in [-0.05, 0) is 43.3 Å². The molecular formula is C19H18N4O4S. The predicted molar refractivity (Wildman–Crippen MR) is 107 cm³/mol. The first kappa shape index (κ1) is 19.4. The summed E-state index contributed by atoms with van der Waals surface area (Å²) >= 11 is 1.04. The molecule has 3 rings (SSSR count). The van der Waals surface area contributed by atoms with Crippen molar-refractivity contribution in [2.24, 2.45) is 5.73 Å². The van der Waals surface area contributed by atoms with Crippen LogP contribution in [0.1, 0.15) is 6.92 Å². The van der Waals surface area contributed by atoms with Gasteiger partial charge in [0, 0.05) is 0 Å². The van der Waals surface area contributed by atoms with E-state index >= 15 is 0 Å². The first-order chi connectivity index (χ1) is 13.5. The van der Waals surface area contributed by atoms with E-state index in [0.717, 1.165) is 11.8 Å². The molecule has 0 saturated heterocycles. The monoisotopic (exact) mass is 398 g/mol. The molecule has 144 valence electrons. The molecule has 8 nitrogen and oxygen atoms in total. The number of imide groups is 1. The third-order valence-corrected chi connectivity index (χ3v) is 4.68. The fraction of sp³-hybridized carbons (Fsp3) is 0.158. The summed E-state index contributed by atoms with van der Waals surface area (Å²) in [6.45, 7) is 2.42. The Morgan fingerprint density at radius 3 is 2.57 bits per heavy atom. The number of rotatable bonds is 6. The van der Waals surface area contributed by atoms with Gasteiger partial charge >= 0.3 is 6.03 Å². The molecule has 0 bridgehead atoms. The van der Waals surface area contributed by atoms with Crippen molar-refractivity contribution in [2.45, 2.75) is 12.1 Å². The summed E-state index contributed by atoms with van der Waals surface area (Å²) in [5.41, 5.74) is 5.81. The Bertz CT molecular complexity index is 1080. The van der Waals surface area contributed by atoms with Crippen molar-refractivity contribution in [2.75, 3.05) is 12.4 Å². The number of carbonyl (C=O) groups excluding carboxylic acids is 2. The van der Waals surface area contributed by atoms with Crippen LogP contribution in [0.25, 0.3) is 16.6 Å². The largest absolute Gasteiger partial charge is 0.494 e. The highest BCUT2D eigenvalue weighted by molar-refractivity contribution is 7.99. The lowest BCUT2D eigenvalue weighted by atomic mass is 10.2. The number of benzene rings is 2. The van der Waals surface area contributed by atoms with Gasteiger partial charge in [-0.2, -0.15) is 0 Å². The average molecular weight is 398 g/mol. The van der Waals surface area contributed by atoms with Crippen LogP contribution < -0.4 is 21.3 Å². The van der Waals surface area contributed by atoms with Crippen LogP contribution in [0.2, 0.25) is 0 Å². The predicted octanol–water partition coefficient (Wildman–Crippen LogP) is 2.07. The number of fused-ring (bicyclic) bond motifs is 1. The minimum Gasteiger partial charge on any atom is -0.494 e. The molecule has 1 heterocycles. The van der Waals surface area contributed by atoms with E-state index in [9.17, 15) is 14.4 Å². The molecule has 0 atom stereocenters. The topological polar surface area (TPSA) is 116 Å². The van der Waals surface area contributed by atoms with Gasteiger partial charge in [0.15, 0.2) is 5.16 Å². The second-order valence-corrected chi connectivity index (χ2v) is 6.62. The second kappa shape index (κ2) is 8.57. The summed E-state index contributed by atoms with van der Waals surface area (Å²) in [5, 5.41) is 2.78. The third kappa shape index (κ3) is 4.32. The summed E-state index contributed by atoms with van der Waals surface area (Å²) in [4.78, 5) is 40.2. The van der Waals surface area contributed by atoms with E-state index in [0.29, 0.717) is 34.1 Å². The van der Waals surface area contributed by atoms with Crippen LogP contribution in [0.5, 0.6) is 5.75 Å². The summed E-state index contributed by atoms with van der Waals surface area (Å²) < 4.78 is 6.87. The van der Waals surface area contributed by atoms with E-state index in [4.69, 9.17) is 10.5 Å². The van der Waals surface area contributed by atoms with Crippen LogP contribution in [0.15, 0.2) is 58.5 Å². The maximum Gasteiger partial charge on any atom is 0.318 e. The molecule has 0 radical (unpaired) electrons. The van der Waals surface area contributed by atoms with E-state index in [2.05, 4.69) is 4.98 Å². The van der Waals surface area contributed by atoms with Gasteiger partial charge in [0.05, 0.1) is 29.0 Å². The fourth-order valence-corrected chi connectivity index (χ4v) is 3.41. The highest BCUT2D eigenvalue weighted by Gasteiger charge is 2.15. The Morgan fingerprint density at radius 2 is 1.89 bits per heavy atom. The standard InChI is InChI=1S/C19H18N4O4S/c1-2-27-13-9-7-12(8-10-13)23-17(25)14-5-3-4-6-15(14)21-19(23)28-11-16(24)22-18(20)26/h3-10H,2,11H2,1H3,(H3,20,22,24,26). The Hall–Kier alpha value is -3.33. The van der Waals surface area contributed by atoms with Crippen LogP contribution in [0.3, 0.4) is 0 Å². The Labute approximate surface area is 164 Å². The van der Waals surface area contributed by atoms with Crippen LogP contribution in [-0.2, 0) is 4.79 Å². The molecule has 0 fully saturated rings. The number of nitrogens with zero attached hydrogens (tertiary/aromatic N) is 2. The molecule has 0 aliphatic carbocycles. The number of aromatic nitrogens is 2. The van der Waals surface area contributed by atoms with Crippen molar-refractivity contribution in [3.63, 3.8) is 0 Å². The van der Waals surface area contributed by atoms with Crippen LogP contribution in [-0.4, -0.2) is 33.8 Å². The number of hydrogen-bond donors (Lipinski definition) is 2. The first-order valence-electron chi connectivity index (χ1n) is 8.46. The number of nitrogens with one attached hydrogen (secondary N) is 1. The fourth-order valence-electron chi connectivity index (χ4n) is 2.60. The lowest BCUT2D eigenvalue weighted by Crippen LogP contribution is -2.36. The molecule has 3 aromatic rings. The highest BCUT2D eigenvalue weighted by atomic mass is 32.2. The normalized spacial score (nSPS) is 10.6. The summed E-state index contributed by atoms with van der Waals surface area (Å²) in [6.07, 6.45) is 0. The Balaban J connectivity index is 2.05. The van der Waals surface area contributed by atoms with Gasteiger partial charge in [-0.3, -0.25) is 19.5 Å². The molecule has 3 amide bonds. The van der Waals surface area contributed by atoms with Crippen LogP contribution >= 0.6 is 11.8 Å². The van der Waals surface area contributed by atoms with E-state index in [1.807, 2.05) is 12.2 Å². The van der Waals surface area contributed by atoms with Crippen LogP contribution in [0, 0.1) is 0 Å². The van der Waals surface area contributed by atoms with Gasteiger partial charge in [-0.1, -0.05) is 23.9 Å². The van der Waals surface area contributed by atoms with E-state index < -0.39 is 11.9 Å². The number of para-hydroxylation sites is 1. The Kier molecular flexibility index (Phi) is 5.95. The summed E-state index contributed by atoms with van der Waals surface area (Å²) in [7, 11) is 0. The first-order valence-corrected chi connectivity index (χ1v) is 9.45. The maximum absolute atomic E-state index is 13.1. The van der Waals surface area contributed by atoms with Gasteiger partial charge in [0.2, 0.25) is 5.91 Å². The maximum atomic E-state index is 13.1. The number of carbonyl (C=O) groups is 2. The number of nitrogens with two attached hydrogens (primary N) is 1. The molecule has 28 heavy (non-hydrogen) atoms. The van der Waals surface area contributed by atoms with Gasteiger partial charge in [-0.15, -0.1) is 0 Å². The number of amides is 3. The minimum atomic E-state index is -0.930. The zero-order chi connectivity index (χ0) is 20.1. The van der Waals surface area contributed by atoms with Crippen LogP contribution in [0.4, 0.5) is 4.79 Å². The molecule has 0 saturated carbocycles. The molecule has 0 aliphatic heterocycles. The van der Waals surface area contributed by atoms with Crippen molar-refractivity contribution >= 4 is 34.6 Å². The lowest BCUT2D eigenvalue weighted by Gasteiger charge is -2.13. The second-order valence-electron chi connectivity index (χ2n) is 5.68. The van der Waals surface area contributed by atoms with Crippen molar-refractivity contribution < 1.29 is 14.3 Å². The number of ether oxygens (including phenoxy) is 1. The van der Waals surface area contributed by atoms with Crippen molar-refractivity contribution in [3.05, 3.63) is 58.9 Å². The van der Waals surface area contributed by atoms with E-state index in [1.165, 1.54) is 4.57 Å². The Morgan fingerprint density at radius 1 is 1.18 bits per heavy atom. The quantitative estimate of drug-likeness (QED) is 0.485. The summed E-state index contributed by atoms with van der Waals surface area (Å²) in [5.74, 6) is -0.00803. The van der Waals surface area contributed by atoms with Gasteiger partial charge in [0.1, 0.15) is 5.75 Å². The number of thioether (sulfide) groups is 1. The van der Waals surface area contributed by atoms with Crippen molar-refractivity contribution in [1.82, 2.24) is 14.9 Å². The molecular weight excluding hydrogens is 380 g/mol. The zero-order valence-corrected chi connectivity index (χ0v) is 15.9. The zero-order valence-electron chi connectivity index (χ0n) is 15.0. The van der Waals surface area contributed by atoms with Gasteiger partial charge in [0.25, 0.3) is 5.56 Å². The van der Waals surface area contributed by atoms with Crippen molar-refractivity contribution in [1.29, 1.82) is 0 Å². The molecule has 0 spiro atoms. The number of urea groups is 1. The number of primary amides is 1. The molecule has 1 aromatic heterocycles. The minimum absolute atomic E-state index is 0.120. The molecule has 0 unspecified atom stereocenters. The molecule has 9 heteroatoms. The highest BCUT2D eigenvalue weighted by Crippen LogP contribution is 2.22. The average Bonchev–Trinajstić information content (AvgIpc) is 2.67. The molecule has 3 N–H and O–H groups in total. The van der Waals surface area contributed by atoms with Crippen molar-refractivity contribution in [3.8, 4) is 11.4 Å². The molecule has 0 aliphatic rings. The molecule has 2 aromatic carbocycles. The lowest BCUT2D eigenvalue weighted by molar-refractivity contribution is -0.117.